The molecule has 1 atom stereocenters. The number of rotatable bonds is 10. The van der Waals surface area contributed by atoms with Crippen molar-refractivity contribution in [2.75, 3.05) is 32.9 Å². The third-order valence-corrected chi connectivity index (χ3v) is 5.65. The van der Waals surface area contributed by atoms with Crippen LogP contribution in [0.4, 0.5) is 0 Å². The van der Waals surface area contributed by atoms with Crippen molar-refractivity contribution in [1.82, 2.24) is 10.2 Å². The van der Waals surface area contributed by atoms with Crippen LogP contribution in [0.1, 0.15) is 46.1 Å². The van der Waals surface area contributed by atoms with Crippen molar-refractivity contribution in [2.45, 2.75) is 46.6 Å². The Kier molecular flexibility index (Phi) is 8.87. The Morgan fingerprint density at radius 1 is 1.26 bits per heavy atom. The molecule has 0 unspecified atom stereocenters. The zero-order valence-corrected chi connectivity index (χ0v) is 20.4. The fourth-order valence-electron chi connectivity index (χ4n) is 3.97. The maximum Gasteiger partial charge on any atom is 0.340 e. The number of hydrogen-bond acceptors (Lipinski definition) is 6. The quantitative estimate of drug-likeness (QED) is 0.417. The van der Waals surface area contributed by atoms with Crippen LogP contribution in [-0.4, -0.2) is 61.7 Å². The Hall–Kier alpha value is -3.13. The number of nitrogens with one attached hydrogen (secondary N) is 1. The Balaban J connectivity index is 1.66. The lowest BCUT2D eigenvalue weighted by molar-refractivity contribution is -0.138. The molecule has 2 heterocycles. The van der Waals surface area contributed by atoms with E-state index in [1.54, 1.807) is 49.1 Å². The molecule has 1 aromatic carbocycles. The number of allylic oxidation sites excluding steroid dienone is 1. The van der Waals surface area contributed by atoms with Gasteiger partial charge in [0.1, 0.15) is 5.75 Å². The number of carbonyl (C=O) groups excluding carboxylic acids is 3. The first kappa shape index (κ1) is 25.5. The van der Waals surface area contributed by atoms with Gasteiger partial charge in [-0.1, -0.05) is 26.0 Å². The van der Waals surface area contributed by atoms with E-state index in [0.717, 1.165) is 25.0 Å². The molecule has 0 bridgehead atoms. The second kappa shape index (κ2) is 11.8. The maximum absolute atomic E-state index is 13.1. The predicted octanol–water partition coefficient (Wildman–Crippen LogP) is 3.08. The summed E-state index contributed by atoms with van der Waals surface area (Å²) in [6.45, 7) is 9.45. The lowest BCUT2D eigenvalue weighted by atomic mass is 10.0. The van der Waals surface area contributed by atoms with E-state index in [1.165, 1.54) is 0 Å². The summed E-state index contributed by atoms with van der Waals surface area (Å²) < 4.78 is 16.3. The summed E-state index contributed by atoms with van der Waals surface area (Å²) in [7, 11) is 0. The normalized spacial score (nSPS) is 19.3. The fourth-order valence-corrected chi connectivity index (χ4v) is 3.97. The second-order valence-corrected chi connectivity index (χ2v) is 8.85. The average molecular weight is 471 g/mol. The van der Waals surface area contributed by atoms with Crippen LogP contribution >= 0.6 is 0 Å². The Morgan fingerprint density at radius 3 is 2.62 bits per heavy atom. The molecule has 2 aliphatic heterocycles. The van der Waals surface area contributed by atoms with Gasteiger partial charge in [0.25, 0.3) is 11.8 Å². The Bertz CT molecular complexity index is 958. The van der Waals surface area contributed by atoms with Crippen molar-refractivity contribution in [3.05, 3.63) is 46.7 Å². The van der Waals surface area contributed by atoms with E-state index in [9.17, 15) is 14.4 Å². The first-order chi connectivity index (χ1) is 16.3. The largest absolute Gasteiger partial charge is 0.484 e. The molecule has 1 fully saturated rings. The molecule has 8 heteroatoms. The van der Waals surface area contributed by atoms with Gasteiger partial charge in [-0.3, -0.25) is 9.59 Å². The van der Waals surface area contributed by atoms with Gasteiger partial charge in [-0.05, 0) is 56.4 Å². The van der Waals surface area contributed by atoms with Crippen molar-refractivity contribution in [1.29, 1.82) is 0 Å². The summed E-state index contributed by atoms with van der Waals surface area (Å²) in [5, 5.41) is 2.82. The number of benzene rings is 1. The van der Waals surface area contributed by atoms with E-state index >= 15 is 0 Å². The molecule has 34 heavy (non-hydrogen) atoms. The van der Waals surface area contributed by atoms with Crippen LogP contribution in [0.25, 0.3) is 6.08 Å². The highest BCUT2D eigenvalue weighted by atomic mass is 16.5. The lowest BCUT2D eigenvalue weighted by Crippen LogP contribution is -2.35. The average Bonchev–Trinajstić information content (AvgIpc) is 3.40. The highest BCUT2D eigenvalue weighted by Gasteiger charge is 2.37. The third kappa shape index (κ3) is 6.47. The topological polar surface area (TPSA) is 94.2 Å². The van der Waals surface area contributed by atoms with Gasteiger partial charge in [0.2, 0.25) is 0 Å². The molecule has 184 valence electrons. The van der Waals surface area contributed by atoms with Crippen molar-refractivity contribution in [2.24, 2.45) is 5.92 Å². The maximum atomic E-state index is 13.1. The summed E-state index contributed by atoms with van der Waals surface area (Å²) in [4.78, 5) is 39.4. The standard InChI is InChI=1S/C26H34N2O6/c1-5-32-26(31)24-18(4)28(15-17(2)3)25(30)22(24)13-19-8-10-20(11-9-19)34-16-23(29)27-14-21-7-6-12-33-21/h8-11,13,17,21H,5-7,12,14-16H2,1-4H3,(H,27,29)/b22-13-/t21-/m1/s1. The minimum Gasteiger partial charge on any atom is -0.484 e. The summed E-state index contributed by atoms with van der Waals surface area (Å²) in [5.74, 6) is -0.132. The molecule has 0 radical (unpaired) electrons. The zero-order chi connectivity index (χ0) is 24.7. The zero-order valence-electron chi connectivity index (χ0n) is 20.4. The smallest absolute Gasteiger partial charge is 0.340 e. The van der Waals surface area contributed by atoms with Crippen LogP contribution in [-0.2, 0) is 23.9 Å². The van der Waals surface area contributed by atoms with E-state index < -0.39 is 5.97 Å². The SMILES string of the molecule is CCOC(=O)C1=C(C)N(CC(C)C)C(=O)/C1=C\c1ccc(OCC(=O)NC[C@H]2CCCO2)cc1. The van der Waals surface area contributed by atoms with Gasteiger partial charge in [-0.25, -0.2) is 4.79 Å². The summed E-state index contributed by atoms with van der Waals surface area (Å²) >= 11 is 0. The molecular weight excluding hydrogens is 436 g/mol. The monoisotopic (exact) mass is 470 g/mol. The first-order valence-electron chi connectivity index (χ1n) is 11.8. The van der Waals surface area contributed by atoms with E-state index in [0.29, 0.717) is 35.7 Å². The van der Waals surface area contributed by atoms with E-state index in [4.69, 9.17) is 14.2 Å². The number of carbonyl (C=O) groups is 3. The highest BCUT2D eigenvalue weighted by molar-refractivity contribution is 6.16. The molecule has 0 spiro atoms. The molecule has 2 aliphatic rings. The molecule has 3 rings (SSSR count). The van der Waals surface area contributed by atoms with Crippen LogP contribution in [0.2, 0.25) is 0 Å². The molecule has 8 nitrogen and oxygen atoms in total. The molecule has 0 aliphatic carbocycles. The number of hydrogen-bond donors (Lipinski definition) is 1. The van der Waals surface area contributed by atoms with E-state index in [-0.39, 0.29) is 37.0 Å². The van der Waals surface area contributed by atoms with Gasteiger partial charge in [-0.2, -0.15) is 0 Å². The Labute approximate surface area is 200 Å². The molecule has 1 aromatic rings. The van der Waals surface area contributed by atoms with Gasteiger partial charge >= 0.3 is 5.97 Å². The van der Waals surface area contributed by atoms with Gasteiger partial charge in [0, 0.05) is 25.4 Å². The van der Waals surface area contributed by atoms with E-state index in [1.807, 2.05) is 13.8 Å². The number of esters is 1. The van der Waals surface area contributed by atoms with Crippen molar-refractivity contribution < 1.29 is 28.6 Å². The van der Waals surface area contributed by atoms with Crippen LogP contribution in [0.15, 0.2) is 41.1 Å². The van der Waals surface area contributed by atoms with Crippen molar-refractivity contribution >= 4 is 23.9 Å². The summed E-state index contributed by atoms with van der Waals surface area (Å²) in [6.07, 6.45) is 3.76. The second-order valence-electron chi connectivity index (χ2n) is 8.85. The fraction of sp³-hybridized carbons (Fsp3) is 0.500. The van der Waals surface area contributed by atoms with Crippen LogP contribution in [0.5, 0.6) is 5.75 Å². The summed E-state index contributed by atoms with van der Waals surface area (Å²) in [6, 6.07) is 7.02. The molecule has 1 N–H and O–H groups in total. The summed E-state index contributed by atoms with van der Waals surface area (Å²) in [5.41, 5.74) is 1.96. The molecular formula is C26H34N2O6. The van der Waals surface area contributed by atoms with Crippen LogP contribution in [0, 0.1) is 5.92 Å². The first-order valence-corrected chi connectivity index (χ1v) is 11.8. The van der Waals surface area contributed by atoms with Crippen molar-refractivity contribution in [3.8, 4) is 5.75 Å². The number of ether oxygens (including phenoxy) is 3. The molecule has 0 aromatic heterocycles. The van der Waals surface area contributed by atoms with Gasteiger partial charge < -0.3 is 24.4 Å². The molecule has 0 saturated carbocycles. The number of nitrogens with zero attached hydrogens (tertiary/aromatic N) is 1. The Morgan fingerprint density at radius 2 is 2.00 bits per heavy atom. The minimum absolute atomic E-state index is 0.0863. The molecule has 1 saturated heterocycles. The van der Waals surface area contributed by atoms with E-state index in [2.05, 4.69) is 5.32 Å². The lowest BCUT2D eigenvalue weighted by Gasteiger charge is -2.19. The van der Waals surface area contributed by atoms with Crippen molar-refractivity contribution in [3.63, 3.8) is 0 Å². The van der Waals surface area contributed by atoms with Crippen LogP contribution < -0.4 is 10.1 Å². The van der Waals surface area contributed by atoms with Gasteiger partial charge in [-0.15, -0.1) is 0 Å². The third-order valence-electron chi connectivity index (χ3n) is 5.65. The highest BCUT2D eigenvalue weighted by Crippen LogP contribution is 2.32. The predicted molar refractivity (Wildman–Crippen MR) is 128 cm³/mol. The van der Waals surface area contributed by atoms with Crippen LogP contribution in [0.3, 0.4) is 0 Å². The van der Waals surface area contributed by atoms with Gasteiger partial charge in [0.15, 0.2) is 6.61 Å². The number of amides is 2. The molecule has 2 amide bonds. The van der Waals surface area contributed by atoms with Gasteiger partial charge in [0.05, 0.1) is 23.9 Å². The minimum atomic E-state index is -0.500.